The number of ether oxygens (including phenoxy) is 1. The average molecular weight is 311 g/mol. The molecule has 1 fully saturated rings. The molecule has 1 aliphatic rings. The third-order valence-electron chi connectivity index (χ3n) is 4.04. The predicted octanol–water partition coefficient (Wildman–Crippen LogP) is 1.81. The molecule has 0 aromatic carbocycles. The first-order chi connectivity index (χ1) is 9.87. The zero-order valence-corrected chi connectivity index (χ0v) is 13.9. The zero-order chi connectivity index (χ0) is 15.5. The van der Waals surface area contributed by atoms with Crippen molar-refractivity contribution in [3.63, 3.8) is 0 Å². The molecule has 118 valence electrons. The fourth-order valence-corrected chi connectivity index (χ4v) is 3.33. The quantitative estimate of drug-likeness (QED) is 0.889. The molecule has 1 amide bonds. The molecule has 1 aromatic rings. The number of nitrogens with zero attached hydrogens (tertiary/aromatic N) is 1. The second-order valence-electron chi connectivity index (χ2n) is 6.66. The molecule has 0 unspecified atom stereocenters. The maximum atomic E-state index is 12.5. The number of hydrogen-bond donors (Lipinski definition) is 2. The van der Waals surface area contributed by atoms with Gasteiger partial charge in [-0.3, -0.25) is 4.79 Å². The summed E-state index contributed by atoms with van der Waals surface area (Å²) in [6.45, 7) is 8.46. The van der Waals surface area contributed by atoms with E-state index in [2.05, 4.69) is 36.5 Å². The highest BCUT2D eigenvalue weighted by Crippen LogP contribution is 2.30. The van der Waals surface area contributed by atoms with Gasteiger partial charge in [0.2, 0.25) is 5.91 Å². The lowest BCUT2D eigenvalue weighted by molar-refractivity contribution is -0.136. The highest BCUT2D eigenvalue weighted by atomic mass is 32.1. The van der Waals surface area contributed by atoms with Crippen molar-refractivity contribution in [1.29, 1.82) is 0 Å². The first kappa shape index (κ1) is 16.4. The van der Waals surface area contributed by atoms with Gasteiger partial charge in [-0.05, 0) is 12.8 Å². The fourth-order valence-electron chi connectivity index (χ4n) is 2.37. The third-order valence-corrected chi connectivity index (χ3v) is 4.89. The Bertz CT molecular complexity index is 487. The third kappa shape index (κ3) is 3.81. The second-order valence-corrected chi connectivity index (χ2v) is 7.60. The summed E-state index contributed by atoms with van der Waals surface area (Å²) in [7, 11) is 0. The van der Waals surface area contributed by atoms with Gasteiger partial charge in [-0.1, -0.05) is 20.8 Å². The Labute approximate surface area is 130 Å². The average Bonchev–Trinajstić information content (AvgIpc) is 2.94. The van der Waals surface area contributed by atoms with Crippen LogP contribution in [0, 0.1) is 5.41 Å². The van der Waals surface area contributed by atoms with Gasteiger partial charge in [0, 0.05) is 30.6 Å². The number of nitrogens with one attached hydrogen (secondary N) is 1. The SMILES string of the molecule is CC(C)(C)c1csc(CNC(=O)C2(CN)CCOCC2)n1. The van der Waals surface area contributed by atoms with E-state index in [0.717, 1.165) is 10.7 Å². The number of rotatable bonds is 4. The summed E-state index contributed by atoms with van der Waals surface area (Å²) in [5, 5.41) is 6.00. The second kappa shape index (κ2) is 6.42. The molecule has 1 aromatic heterocycles. The van der Waals surface area contributed by atoms with Crippen LogP contribution in [0.25, 0.3) is 0 Å². The predicted molar refractivity (Wildman–Crippen MR) is 84.2 cm³/mol. The molecule has 2 heterocycles. The minimum atomic E-state index is -0.470. The minimum absolute atomic E-state index is 0.0285. The number of hydrogen-bond acceptors (Lipinski definition) is 5. The Kier molecular flexibility index (Phi) is 5.01. The number of aromatic nitrogens is 1. The van der Waals surface area contributed by atoms with Gasteiger partial charge in [0.15, 0.2) is 0 Å². The number of carbonyl (C=O) groups is 1. The molecule has 1 aliphatic heterocycles. The highest BCUT2D eigenvalue weighted by molar-refractivity contribution is 7.09. The van der Waals surface area contributed by atoms with Gasteiger partial charge in [-0.25, -0.2) is 4.98 Å². The maximum absolute atomic E-state index is 12.5. The molecule has 0 saturated carbocycles. The van der Waals surface area contributed by atoms with Crippen LogP contribution >= 0.6 is 11.3 Å². The van der Waals surface area contributed by atoms with E-state index in [-0.39, 0.29) is 11.3 Å². The molecule has 1 saturated heterocycles. The van der Waals surface area contributed by atoms with Crippen LogP contribution in [-0.2, 0) is 21.5 Å². The van der Waals surface area contributed by atoms with Gasteiger partial charge in [-0.2, -0.15) is 0 Å². The van der Waals surface area contributed by atoms with Gasteiger partial charge in [0.25, 0.3) is 0 Å². The van der Waals surface area contributed by atoms with Crippen LogP contribution in [0.15, 0.2) is 5.38 Å². The summed E-state index contributed by atoms with van der Waals surface area (Å²) < 4.78 is 5.33. The molecule has 3 N–H and O–H groups in total. The standard InChI is InChI=1S/C15H25N3O2S/c1-14(2,3)11-9-21-12(18-11)8-17-13(19)15(10-16)4-6-20-7-5-15/h9H,4-8,10,16H2,1-3H3,(H,17,19). The first-order valence-corrected chi connectivity index (χ1v) is 8.26. The van der Waals surface area contributed by atoms with E-state index in [4.69, 9.17) is 10.5 Å². The topological polar surface area (TPSA) is 77.2 Å². The van der Waals surface area contributed by atoms with Crippen LogP contribution in [0.5, 0.6) is 0 Å². The van der Waals surface area contributed by atoms with Crippen molar-refractivity contribution >= 4 is 17.2 Å². The molecule has 6 heteroatoms. The van der Waals surface area contributed by atoms with E-state index >= 15 is 0 Å². The van der Waals surface area contributed by atoms with E-state index < -0.39 is 5.41 Å². The largest absolute Gasteiger partial charge is 0.381 e. The van der Waals surface area contributed by atoms with Gasteiger partial charge in [-0.15, -0.1) is 11.3 Å². The number of thiazole rings is 1. The van der Waals surface area contributed by atoms with E-state index in [1.807, 2.05) is 0 Å². The van der Waals surface area contributed by atoms with Crippen LogP contribution in [0.4, 0.5) is 0 Å². The Morgan fingerprint density at radius 1 is 1.48 bits per heavy atom. The summed E-state index contributed by atoms with van der Waals surface area (Å²) in [6.07, 6.45) is 1.39. The van der Waals surface area contributed by atoms with Gasteiger partial charge in [0.1, 0.15) is 5.01 Å². The summed E-state index contributed by atoms with van der Waals surface area (Å²) >= 11 is 1.59. The fraction of sp³-hybridized carbons (Fsp3) is 0.733. The van der Waals surface area contributed by atoms with Gasteiger partial charge in [0.05, 0.1) is 17.7 Å². The van der Waals surface area contributed by atoms with E-state index in [0.29, 0.717) is 39.1 Å². The van der Waals surface area contributed by atoms with Crippen molar-refractivity contribution in [2.75, 3.05) is 19.8 Å². The lowest BCUT2D eigenvalue weighted by Gasteiger charge is -2.34. The van der Waals surface area contributed by atoms with Crippen molar-refractivity contribution < 1.29 is 9.53 Å². The Morgan fingerprint density at radius 3 is 2.67 bits per heavy atom. The summed E-state index contributed by atoms with van der Waals surface area (Å²) in [4.78, 5) is 17.1. The van der Waals surface area contributed by atoms with E-state index in [9.17, 15) is 4.79 Å². The van der Waals surface area contributed by atoms with Crippen molar-refractivity contribution in [1.82, 2.24) is 10.3 Å². The lowest BCUT2D eigenvalue weighted by atomic mass is 9.79. The molecule has 0 spiro atoms. The smallest absolute Gasteiger partial charge is 0.228 e. The van der Waals surface area contributed by atoms with Crippen LogP contribution in [0.1, 0.15) is 44.3 Å². The van der Waals surface area contributed by atoms with Crippen LogP contribution in [0.3, 0.4) is 0 Å². The Morgan fingerprint density at radius 2 is 2.14 bits per heavy atom. The molecular weight excluding hydrogens is 286 g/mol. The normalized spacial score (nSPS) is 18.5. The molecule has 0 bridgehead atoms. The zero-order valence-electron chi connectivity index (χ0n) is 13.1. The van der Waals surface area contributed by atoms with Crippen molar-refractivity contribution in [2.45, 2.75) is 45.6 Å². The minimum Gasteiger partial charge on any atom is -0.381 e. The Balaban J connectivity index is 1.95. The van der Waals surface area contributed by atoms with E-state index in [1.54, 1.807) is 11.3 Å². The van der Waals surface area contributed by atoms with Crippen molar-refractivity contribution in [2.24, 2.45) is 11.1 Å². The molecular formula is C15H25N3O2S. The number of carbonyl (C=O) groups excluding carboxylic acids is 1. The highest BCUT2D eigenvalue weighted by Gasteiger charge is 2.38. The van der Waals surface area contributed by atoms with Crippen LogP contribution in [-0.4, -0.2) is 30.6 Å². The monoisotopic (exact) mass is 311 g/mol. The molecule has 5 nitrogen and oxygen atoms in total. The van der Waals surface area contributed by atoms with E-state index in [1.165, 1.54) is 0 Å². The Hall–Kier alpha value is -0.980. The summed E-state index contributed by atoms with van der Waals surface area (Å²) in [6, 6.07) is 0. The molecule has 0 atom stereocenters. The summed E-state index contributed by atoms with van der Waals surface area (Å²) in [5.74, 6) is 0.0285. The van der Waals surface area contributed by atoms with Crippen molar-refractivity contribution in [3.05, 3.63) is 16.1 Å². The molecule has 0 radical (unpaired) electrons. The number of nitrogens with two attached hydrogens (primary N) is 1. The van der Waals surface area contributed by atoms with Gasteiger partial charge < -0.3 is 15.8 Å². The molecule has 21 heavy (non-hydrogen) atoms. The summed E-state index contributed by atoms with van der Waals surface area (Å²) in [5.41, 5.74) is 6.48. The number of amides is 1. The molecule has 2 rings (SSSR count). The van der Waals surface area contributed by atoms with Crippen LogP contribution in [0.2, 0.25) is 0 Å². The van der Waals surface area contributed by atoms with Crippen LogP contribution < -0.4 is 11.1 Å². The molecule has 0 aliphatic carbocycles. The van der Waals surface area contributed by atoms with Gasteiger partial charge >= 0.3 is 0 Å². The lowest BCUT2D eigenvalue weighted by Crippen LogP contribution is -2.48. The maximum Gasteiger partial charge on any atom is 0.228 e. The van der Waals surface area contributed by atoms with Crippen molar-refractivity contribution in [3.8, 4) is 0 Å². The first-order valence-electron chi connectivity index (χ1n) is 7.38.